The summed E-state index contributed by atoms with van der Waals surface area (Å²) in [5.41, 5.74) is 1.91. The van der Waals surface area contributed by atoms with Gasteiger partial charge in [-0.1, -0.05) is 31.2 Å². The molecule has 0 radical (unpaired) electrons. The van der Waals surface area contributed by atoms with Crippen molar-refractivity contribution in [3.05, 3.63) is 35.4 Å². The van der Waals surface area contributed by atoms with E-state index in [1.807, 2.05) is 44.4 Å². The van der Waals surface area contributed by atoms with E-state index in [9.17, 15) is 9.90 Å². The predicted octanol–water partition coefficient (Wildman–Crippen LogP) is 2.14. The molecular weight excluding hydrogens is 246 g/mol. The van der Waals surface area contributed by atoms with Crippen LogP contribution in [0.1, 0.15) is 24.2 Å². The number of aryl methyl sites for hydroxylation is 1. The number of thioether (sulfide) groups is 1. The lowest BCUT2D eigenvalue weighted by molar-refractivity contribution is -0.124. The second-order valence-corrected chi connectivity index (χ2v) is 5.38. The Hall–Kier alpha value is -1.00. The molecular formula is C14H21NO2S. The molecule has 2 N–H and O–H groups in total. The number of benzene rings is 1. The molecule has 1 aromatic carbocycles. The molecule has 3 nitrogen and oxygen atoms in total. The first-order chi connectivity index (χ1) is 8.56. The lowest BCUT2D eigenvalue weighted by atomic mass is 10.0. The third-order valence-corrected chi connectivity index (χ3v) is 3.71. The highest BCUT2D eigenvalue weighted by molar-refractivity contribution is 7.98. The van der Waals surface area contributed by atoms with Gasteiger partial charge >= 0.3 is 0 Å². The summed E-state index contributed by atoms with van der Waals surface area (Å²) in [6.45, 7) is 4.12. The normalized spacial score (nSPS) is 14.0. The minimum absolute atomic E-state index is 0.00279. The fourth-order valence-electron chi connectivity index (χ4n) is 1.77. The lowest BCUT2D eigenvalue weighted by Crippen LogP contribution is -2.33. The monoisotopic (exact) mass is 267 g/mol. The van der Waals surface area contributed by atoms with Gasteiger partial charge in [0, 0.05) is 18.2 Å². The maximum atomic E-state index is 11.7. The predicted molar refractivity (Wildman–Crippen MR) is 76.7 cm³/mol. The third kappa shape index (κ3) is 4.35. The van der Waals surface area contributed by atoms with Crippen LogP contribution in [0.2, 0.25) is 0 Å². The van der Waals surface area contributed by atoms with Crippen LogP contribution in [0.4, 0.5) is 0 Å². The van der Waals surface area contributed by atoms with Crippen molar-refractivity contribution in [3.63, 3.8) is 0 Å². The van der Waals surface area contributed by atoms with E-state index in [0.29, 0.717) is 0 Å². The maximum absolute atomic E-state index is 11.7. The van der Waals surface area contributed by atoms with Gasteiger partial charge in [0.1, 0.15) is 0 Å². The molecule has 0 saturated carbocycles. The van der Waals surface area contributed by atoms with Gasteiger partial charge in [-0.3, -0.25) is 4.79 Å². The number of hydrogen-bond donors (Lipinski definition) is 2. The topological polar surface area (TPSA) is 49.3 Å². The van der Waals surface area contributed by atoms with Crippen molar-refractivity contribution in [1.29, 1.82) is 0 Å². The SMILES string of the molecule is CSC[C@H](C)C(=O)NC[C@H](O)c1ccccc1C. The molecule has 0 heterocycles. The zero-order valence-corrected chi connectivity index (χ0v) is 12.0. The number of aliphatic hydroxyl groups is 1. The second kappa shape index (κ2) is 7.44. The van der Waals surface area contributed by atoms with Crippen molar-refractivity contribution >= 4 is 17.7 Å². The van der Waals surface area contributed by atoms with Gasteiger partial charge in [-0.05, 0) is 24.3 Å². The van der Waals surface area contributed by atoms with Crippen molar-refractivity contribution in [1.82, 2.24) is 5.32 Å². The van der Waals surface area contributed by atoms with Crippen LogP contribution in [0.15, 0.2) is 24.3 Å². The Morgan fingerprint density at radius 2 is 2.11 bits per heavy atom. The van der Waals surface area contributed by atoms with Crippen LogP contribution < -0.4 is 5.32 Å². The van der Waals surface area contributed by atoms with Gasteiger partial charge < -0.3 is 10.4 Å². The smallest absolute Gasteiger partial charge is 0.223 e. The molecule has 100 valence electrons. The summed E-state index contributed by atoms with van der Waals surface area (Å²) in [5.74, 6) is 0.771. The summed E-state index contributed by atoms with van der Waals surface area (Å²) in [6, 6.07) is 7.67. The first-order valence-corrected chi connectivity index (χ1v) is 7.46. The van der Waals surface area contributed by atoms with Gasteiger partial charge in [-0.2, -0.15) is 11.8 Å². The number of aliphatic hydroxyl groups excluding tert-OH is 1. The highest BCUT2D eigenvalue weighted by Crippen LogP contribution is 2.16. The molecule has 0 spiro atoms. The van der Waals surface area contributed by atoms with Crippen molar-refractivity contribution < 1.29 is 9.90 Å². The van der Waals surface area contributed by atoms with Gasteiger partial charge in [0.25, 0.3) is 0 Å². The summed E-state index contributed by atoms with van der Waals surface area (Å²) in [7, 11) is 0. The first-order valence-electron chi connectivity index (χ1n) is 6.06. The second-order valence-electron chi connectivity index (χ2n) is 4.47. The molecule has 0 saturated heterocycles. The standard InChI is InChI=1S/C14H21NO2S/c1-10-6-4-5-7-12(10)13(16)8-15-14(17)11(2)9-18-3/h4-7,11,13,16H,8-9H2,1-3H3,(H,15,17)/t11-,13-/m0/s1. The maximum Gasteiger partial charge on any atom is 0.223 e. The molecule has 0 unspecified atom stereocenters. The fourth-order valence-corrected chi connectivity index (χ4v) is 2.42. The molecule has 18 heavy (non-hydrogen) atoms. The molecule has 0 aliphatic carbocycles. The first kappa shape index (κ1) is 15.1. The van der Waals surface area contributed by atoms with Crippen LogP contribution >= 0.6 is 11.8 Å². The van der Waals surface area contributed by atoms with Crippen LogP contribution in [0.3, 0.4) is 0 Å². The minimum atomic E-state index is -0.642. The van der Waals surface area contributed by atoms with E-state index in [0.717, 1.165) is 16.9 Å². The highest BCUT2D eigenvalue weighted by atomic mass is 32.2. The van der Waals surface area contributed by atoms with E-state index >= 15 is 0 Å². The Labute approximate surface area is 113 Å². The summed E-state index contributed by atoms with van der Waals surface area (Å²) >= 11 is 1.65. The zero-order valence-electron chi connectivity index (χ0n) is 11.1. The fraction of sp³-hybridized carbons (Fsp3) is 0.500. The molecule has 0 bridgehead atoms. The van der Waals surface area contributed by atoms with Gasteiger partial charge in [0.2, 0.25) is 5.91 Å². The van der Waals surface area contributed by atoms with E-state index in [-0.39, 0.29) is 18.4 Å². The zero-order chi connectivity index (χ0) is 13.5. The van der Waals surface area contributed by atoms with E-state index in [1.54, 1.807) is 11.8 Å². The Kier molecular flexibility index (Phi) is 6.22. The molecule has 4 heteroatoms. The lowest BCUT2D eigenvalue weighted by Gasteiger charge is -2.16. The molecule has 0 fully saturated rings. The number of carbonyl (C=O) groups excluding carboxylic acids is 1. The molecule has 1 rings (SSSR count). The largest absolute Gasteiger partial charge is 0.387 e. The van der Waals surface area contributed by atoms with E-state index in [1.165, 1.54) is 0 Å². The summed E-state index contributed by atoms with van der Waals surface area (Å²) in [5, 5.41) is 12.8. The van der Waals surface area contributed by atoms with Gasteiger partial charge in [-0.25, -0.2) is 0 Å². The number of nitrogens with one attached hydrogen (secondary N) is 1. The van der Waals surface area contributed by atoms with Gasteiger partial charge in [-0.15, -0.1) is 0 Å². The molecule has 2 atom stereocenters. The number of carbonyl (C=O) groups is 1. The summed E-state index contributed by atoms with van der Waals surface area (Å²) in [6.07, 6.45) is 1.34. The molecule has 0 aliphatic heterocycles. The van der Waals surface area contributed by atoms with Gasteiger partial charge in [0.15, 0.2) is 0 Å². The Morgan fingerprint density at radius 1 is 1.44 bits per heavy atom. The minimum Gasteiger partial charge on any atom is -0.387 e. The summed E-state index contributed by atoms with van der Waals surface area (Å²) in [4.78, 5) is 11.7. The quantitative estimate of drug-likeness (QED) is 0.830. The van der Waals surface area contributed by atoms with Crippen LogP contribution in [0.5, 0.6) is 0 Å². The number of amides is 1. The van der Waals surface area contributed by atoms with E-state index in [4.69, 9.17) is 0 Å². The van der Waals surface area contributed by atoms with Crippen molar-refractivity contribution in [3.8, 4) is 0 Å². The molecule has 0 aromatic heterocycles. The molecule has 1 aromatic rings. The van der Waals surface area contributed by atoms with E-state index < -0.39 is 6.10 Å². The third-order valence-electron chi connectivity index (χ3n) is 2.88. The van der Waals surface area contributed by atoms with Gasteiger partial charge in [0.05, 0.1) is 6.10 Å². The molecule has 0 aliphatic rings. The Morgan fingerprint density at radius 3 is 2.72 bits per heavy atom. The highest BCUT2D eigenvalue weighted by Gasteiger charge is 2.15. The average Bonchev–Trinajstić information content (AvgIpc) is 2.36. The Balaban J connectivity index is 2.49. The average molecular weight is 267 g/mol. The van der Waals surface area contributed by atoms with E-state index in [2.05, 4.69) is 5.32 Å². The van der Waals surface area contributed by atoms with Crippen LogP contribution in [0, 0.1) is 12.8 Å². The number of rotatable bonds is 6. The Bertz CT molecular complexity index is 395. The summed E-state index contributed by atoms with van der Waals surface area (Å²) < 4.78 is 0. The van der Waals surface area contributed by atoms with Crippen molar-refractivity contribution in [2.75, 3.05) is 18.6 Å². The van der Waals surface area contributed by atoms with Crippen molar-refractivity contribution in [2.45, 2.75) is 20.0 Å². The molecule has 1 amide bonds. The van der Waals surface area contributed by atoms with Crippen LogP contribution in [-0.2, 0) is 4.79 Å². The number of hydrogen-bond acceptors (Lipinski definition) is 3. The van der Waals surface area contributed by atoms with Crippen molar-refractivity contribution in [2.24, 2.45) is 5.92 Å². The van der Waals surface area contributed by atoms with Crippen LogP contribution in [-0.4, -0.2) is 29.6 Å². The van der Waals surface area contributed by atoms with Crippen LogP contribution in [0.25, 0.3) is 0 Å².